The minimum atomic E-state index is -0.666. The van der Waals surface area contributed by atoms with E-state index in [0.717, 1.165) is 38.5 Å². The van der Waals surface area contributed by atoms with E-state index in [9.17, 15) is 19.8 Å². The van der Waals surface area contributed by atoms with Crippen LogP contribution in [0.25, 0.3) is 0 Å². The molecule has 0 fully saturated rings. The van der Waals surface area contributed by atoms with E-state index in [2.05, 4.69) is 31.3 Å². The lowest BCUT2D eigenvalue weighted by Crippen LogP contribution is -2.45. The van der Waals surface area contributed by atoms with Gasteiger partial charge in [-0.25, -0.2) is 0 Å². The molecule has 0 saturated carbocycles. The van der Waals surface area contributed by atoms with Crippen molar-refractivity contribution in [2.24, 2.45) is 0 Å². The third kappa shape index (κ3) is 73.5. The van der Waals surface area contributed by atoms with E-state index in [1.807, 2.05) is 0 Å². The molecule has 0 aliphatic heterocycles. The van der Waals surface area contributed by atoms with Gasteiger partial charge < -0.3 is 20.3 Å². The fourth-order valence-electron chi connectivity index (χ4n) is 13.2. The molecule has 0 aliphatic carbocycles. The van der Waals surface area contributed by atoms with Crippen LogP contribution in [0.15, 0.2) is 12.2 Å². The topological polar surface area (TPSA) is 95.9 Å². The van der Waals surface area contributed by atoms with Gasteiger partial charge in [-0.3, -0.25) is 9.59 Å². The number of allylic oxidation sites excluding steroid dienone is 2. The van der Waals surface area contributed by atoms with Crippen LogP contribution in [-0.4, -0.2) is 47.4 Å². The van der Waals surface area contributed by atoms with Gasteiger partial charge in [0, 0.05) is 12.8 Å². The minimum Gasteiger partial charge on any atom is -0.466 e. The number of ether oxygens (including phenoxy) is 1. The van der Waals surface area contributed by atoms with Crippen LogP contribution in [0, 0.1) is 0 Å². The molecule has 6 nitrogen and oxygen atoms in total. The second-order valence-corrected chi connectivity index (χ2v) is 28.1. The maximum atomic E-state index is 12.6. The van der Waals surface area contributed by atoms with Gasteiger partial charge in [-0.15, -0.1) is 0 Å². The van der Waals surface area contributed by atoms with E-state index in [0.29, 0.717) is 25.9 Å². The molecule has 518 valence electrons. The molecule has 0 aliphatic rings. The molecule has 6 heteroatoms. The Balaban J connectivity index is 3.36. The predicted molar refractivity (Wildman–Crippen MR) is 384 cm³/mol. The standard InChI is InChI=1S/C81H159NO5/c1-3-5-7-9-11-13-15-17-19-21-23-24-25-31-34-38-41-45-49-53-57-61-65-69-73-79(84)78(77-83)82-80(85)74-70-66-62-58-54-50-46-42-39-35-32-29-27-26-28-30-33-36-40-44-48-52-56-60-64-68-72-76-87-81(86)75-71-67-63-59-55-51-47-43-37-22-20-18-16-14-12-10-8-6-4-2/h26-27,78-79,83-84H,3-25,28-77H2,1-2H3,(H,82,85)/b27-26-. The molecule has 0 saturated heterocycles. The zero-order chi connectivity index (χ0) is 62.8. The molecule has 0 rings (SSSR count). The summed E-state index contributed by atoms with van der Waals surface area (Å²) in [6.45, 7) is 5.02. The highest BCUT2D eigenvalue weighted by atomic mass is 16.5. The van der Waals surface area contributed by atoms with Gasteiger partial charge in [-0.05, 0) is 51.4 Å². The molecular formula is C81H159NO5. The highest BCUT2D eigenvalue weighted by Crippen LogP contribution is 2.20. The maximum absolute atomic E-state index is 12.6. The van der Waals surface area contributed by atoms with Crippen LogP contribution in [-0.2, 0) is 14.3 Å². The Kier molecular flexibility index (Phi) is 75.8. The number of carbonyl (C=O) groups excluding carboxylic acids is 2. The first-order valence-corrected chi connectivity index (χ1v) is 40.4. The number of carbonyl (C=O) groups is 2. The molecule has 87 heavy (non-hydrogen) atoms. The molecule has 1 amide bonds. The van der Waals surface area contributed by atoms with E-state index in [1.165, 1.54) is 398 Å². The summed E-state index contributed by atoms with van der Waals surface area (Å²) in [5, 5.41) is 23.5. The van der Waals surface area contributed by atoms with E-state index < -0.39 is 12.1 Å². The highest BCUT2D eigenvalue weighted by molar-refractivity contribution is 5.76. The lowest BCUT2D eigenvalue weighted by Gasteiger charge is -2.22. The largest absolute Gasteiger partial charge is 0.466 e. The smallest absolute Gasteiger partial charge is 0.305 e. The summed E-state index contributed by atoms with van der Waals surface area (Å²) in [6.07, 6.45) is 97.3. The summed E-state index contributed by atoms with van der Waals surface area (Å²) in [5.74, 6) is -0.00813. The van der Waals surface area contributed by atoms with E-state index in [-0.39, 0.29) is 18.5 Å². The second kappa shape index (κ2) is 77.1. The van der Waals surface area contributed by atoms with E-state index in [1.54, 1.807) is 0 Å². The van der Waals surface area contributed by atoms with Crippen LogP contribution >= 0.6 is 0 Å². The van der Waals surface area contributed by atoms with Gasteiger partial charge in [-0.2, -0.15) is 0 Å². The first-order chi connectivity index (χ1) is 43.0. The predicted octanol–water partition coefficient (Wildman–Crippen LogP) is 26.7. The number of nitrogens with one attached hydrogen (secondary N) is 1. The number of aliphatic hydroxyl groups is 2. The Bertz CT molecular complexity index is 1320. The summed E-state index contributed by atoms with van der Waals surface area (Å²) >= 11 is 0. The van der Waals surface area contributed by atoms with Gasteiger partial charge >= 0.3 is 5.97 Å². The van der Waals surface area contributed by atoms with Crippen LogP contribution in [0.2, 0.25) is 0 Å². The lowest BCUT2D eigenvalue weighted by molar-refractivity contribution is -0.143. The van der Waals surface area contributed by atoms with Crippen LogP contribution in [0.3, 0.4) is 0 Å². The van der Waals surface area contributed by atoms with Gasteiger partial charge in [0.2, 0.25) is 5.91 Å². The van der Waals surface area contributed by atoms with Crippen molar-refractivity contribution in [2.75, 3.05) is 13.2 Å². The number of esters is 1. The number of unbranched alkanes of at least 4 members (excludes halogenated alkanes) is 64. The van der Waals surface area contributed by atoms with Crippen molar-refractivity contribution >= 4 is 11.9 Å². The fraction of sp³-hybridized carbons (Fsp3) is 0.951. The van der Waals surface area contributed by atoms with Crippen LogP contribution < -0.4 is 5.32 Å². The van der Waals surface area contributed by atoms with Gasteiger partial charge in [0.05, 0.1) is 25.4 Å². The second-order valence-electron chi connectivity index (χ2n) is 28.1. The molecule has 2 atom stereocenters. The molecule has 0 radical (unpaired) electrons. The van der Waals surface area contributed by atoms with Gasteiger partial charge in [0.25, 0.3) is 0 Å². The Labute approximate surface area is 546 Å². The Hall–Kier alpha value is -1.40. The Morgan fingerprint density at radius 1 is 0.310 bits per heavy atom. The molecule has 0 heterocycles. The van der Waals surface area contributed by atoms with Crippen molar-refractivity contribution in [3.8, 4) is 0 Å². The number of aliphatic hydroxyl groups excluding tert-OH is 2. The molecular weight excluding hydrogens is 1070 g/mol. The Morgan fingerprint density at radius 2 is 0.540 bits per heavy atom. The molecule has 0 aromatic carbocycles. The van der Waals surface area contributed by atoms with Crippen molar-refractivity contribution in [2.45, 2.75) is 482 Å². The zero-order valence-electron chi connectivity index (χ0n) is 59.5. The summed E-state index contributed by atoms with van der Waals surface area (Å²) in [7, 11) is 0. The van der Waals surface area contributed by atoms with Crippen molar-refractivity contribution in [1.82, 2.24) is 5.32 Å². The summed E-state index contributed by atoms with van der Waals surface area (Å²) in [5.41, 5.74) is 0. The number of hydrogen-bond donors (Lipinski definition) is 3. The third-order valence-electron chi connectivity index (χ3n) is 19.3. The number of amides is 1. The first kappa shape index (κ1) is 85.6. The molecule has 3 N–H and O–H groups in total. The maximum Gasteiger partial charge on any atom is 0.305 e. The normalized spacial score (nSPS) is 12.5. The number of rotatable bonds is 77. The molecule has 0 spiro atoms. The SMILES string of the molecule is CCCCCCCCCCCCCCCCCCCCCCCCCCC(O)C(CO)NC(=O)CCCCCCCCCCCCC/C=C\CCCCCCCCCCCCCCOC(=O)CCCCCCCCCCCCCCCCCCCCC. The van der Waals surface area contributed by atoms with Gasteiger partial charge in [0.1, 0.15) is 0 Å². The molecule has 0 bridgehead atoms. The quantitative estimate of drug-likeness (QED) is 0.0320. The van der Waals surface area contributed by atoms with Crippen molar-refractivity contribution in [3.63, 3.8) is 0 Å². The van der Waals surface area contributed by atoms with Crippen molar-refractivity contribution < 1.29 is 24.5 Å². The van der Waals surface area contributed by atoms with Crippen LogP contribution in [0.1, 0.15) is 470 Å². The van der Waals surface area contributed by atoms with Crippen LogP contribution in [0.4, 0.5) is 0 Å². The molecule has 2 unspecified atom stereocenters. The highest BCUT2D eigenvalue weighted by Gasteiger charge is 2.20. The molecule has 0 aromatic heterocycles. The summed E-state index contributed by atoms with van der Waals surface area (Å²) < 4.78 is 5.52. The molecule has 0 aromatic rings. The summed E-state index contributed by atoms with van der Waals surface area (Å²) in [6, 6.07) is -0.543. The average molecular weight is 1230 g/mol. The first-order valence-electron chi connectivity index (χ1n) is 40.4. The monoisotopic (exact) mass is 1230 g/mol. The lowest BCUT2D eigenvalue weighted by atomic mass is 10.0. The Morgan fingerprint density at radius 3 is 0.816 bits per heavy atom. The van der Waals surface area contributed by atoms with Crippen molar-refractivity contribution in [3.05, 3.63) is 12.2 Å². The fourth-order valence-corrected chi connectivity index (χ4v) is 13.2. The van der Waals surface area contributed by atoms with E-state index >= 15 is 0 Å². The minimum absolute atomic E-state index is 0.0215. The van der Waals surface area contributed by atoms with Crippen molar-refractivity contribution in [1.29, 1.82) is 0 Å². The average Bonchev–Trinajstić information content (AvgIpc) is 3.53. The number of hydrogen-bond acceptors (Lipinski definition) is 5. The van der Waals surface area contributed by atoms with Crippen LogP contribution in [0.5, 0.6) is 0 Å². The van der Waals surface area contributed by atoms with Gasteiger partial charge in [0.15, 0.2) is 0 Å². The summed E-state index contributed by atoms with van der Waals surface area (Å²) in [4.78, 5) is 24.7. The zero-order valence-corrected chi connectivity index (χ0v) is 59.5. The van der Waals surface area contributed by atoms with E-state index in [4.69, 9.17) is 4.74 Å². The third-order valence-corrected chi connectivity index (χ3v) is 19.3. The van der Waals surface area contributed by atoms with Gasteiger partial charge in [-0.1, -0.05) is 418 Å².